The second-order valence-corrected chi connectivity index (χ2v) is 3.48. The molecule has 2 N–H and O–H groups in total. The number of carbonyl (C=O) groups excluding carboxylic acids is 1. The zero-order chi connectivity index (χ0) is 10.5. The first-order valence-corrected chi connectivity index (χ1v) is 5.11. The van der Waals surface area contributed by atoms with Crippen molar-refractivity contribution in [2.45, 2.75) is 6.10 Å². The van der Waals surface area contributed by atoms with E-state index in [1.54, 1.807) is 12.2 Å². The lowest BCUT2D eigenvalue weighted by Gasteiger charge is -2.28. The molecule has 1 atom stereocenters. The van der Waals surface area contributed by atoms with Gasteiger partial charge in [0.25, 0.3) is 5.91 Å². The van der Waals surface area contributed by atoms with E-state index >= 15 is 0 Å². The smallest absolute Gasteiger partial charge is 0.279 e. The summed E-state index contributed by atoms with van der Waals surface area (Å²) in [6.07, 6.45) is 6.34. The minimum absolute atomic E-state index is 0.113. The molecule has 82 valence electrons. The van der Waals surface area contributed by atoms with Crippen molar-refractivity contribution in [2.24, 2.45) is 0 Å². The molecule has 0 saturated carbocycles. The maximum absolute atomic E-state index is 11.7. The summed E-state index contributed by atoms with van der Waals surface area (Å²) < 4.78 is 5.16. The fraction of sp³-hybridized carbons (Fsp3) is 0.500. The molecule has 1 unspecified atom stereocenters. The van der Waals surface area contributed by atoms with Gasteiger partial charge in [-0.05, 0) is 12.2 Å². The first kappa shape index (κ1) is 10.2. The van der Waals surface area contributed by atoms with Crippen LogP contribution in [0.4, 0.5) is 0 Å². The van der Waals surface area contributed by atoms with E-state index in [0.29, 0.717) is 0 Å². The van der Waals surface area contributed by atoms with E-state index in [1.807, 2.05) is 11.1 Å². The summed E-state index contributed by atoms with van der Waals surface area (Å²) in [7, 11) is 0. The molecule has 1 fully saturated rings. The summed E-state index contributed by atoms with van der Waals surface area (Å²) in [6.45, 7) is 3.47. The average molecular weight is 209 g/mol. The Kier molecular flexibility index (Phi) is 3.37. The average Bonchev–Trinajstić information content (AvgIpc) is 2.31. The third kappa shape index (κ3) is 2.81. The van der Waals surface area contributed by atoms with Gasteiger partial charge in [0.05, 0.1) is 6.26 Å². The van der Waals surface area contributed by atoms with Crippen molar-refractivity contribution in [2.75, 3.05) is 26.2 Å². The first-order valence-electron chi connectivity index (χ1n) is 5.11. The SMILES string of the molecule is O=C(NN1CCNCC1)C1C=CC=CO1. The van der Waals surface area contributed by atoms with Gasteiger partial charge < -0.3 is 10.1 Å². The number of amides is 1. The van der Waals surface area contributed by atoms with Crippen LogP contribution in [-0.2, 0) is 9.53 Å². The largest absolute Gasteiger partial charge is 0.484 e. The third-order valence-electron chi connectivity index (χ3n) is 2.34. The van der Waals surface area contributed by atoms with E-state index in [1.165, 1.54) is 6.26 Å². The van der Waals surface area contributed by atoms with Gasteiger partial charge >= 0.3 is 0 Å². The maximum Gasteiger partial charge on any atom is 0.279 e. The van der Waals surface area contributed by atoms with E-state index < -0.39 is 6.10 Å². The van der Waals surface area contributed by atoms with Crippen molar-refractivity contribution < 1.29 is 9.53 Å². The molecule has 2 heterocycles. The maximum atomic E-state index is 11.7. The molecule has 2 rings (SSSR count). The predicted octanol–water partition coefficient (Wildman–Crippen LogP) is -0.608. The number of carbonyl (C=O) groups is 1. The molecule has 0 bridgehead atoms. The third-order valence-corrected chi connectivity index (χ3v) is 2.34. The van der Waals surface area contributed by atoms with Crippen LogP contribution in [-0.4, -0.2) is 43.2 Å². The first-order chi connectivity index (χ1) is 7.36. The van der Waals surface area contributed by atoms with Gasteiger partial charge in [-0.2, -0.15) is 0 Å². The number of rotatable bonds is 2. The molecular weight excluding hydrogens is 194 g/mol. The summed E-state index contributed by atoms with van der Waals surface area (Å²) in [5.74, 6) is -0.113. The molecule has 0 aliphatic carbocycles. The van der Waals surface area contributed by atoms with E-state index in [2.05, 4.69) is 10.7 Å². The topological polar surface area (TPSA) is 53.6 Å². The molecule has 2 aliphatic rings. The highest BCUT2D eigenvalue weighted by Gasteiger charge is 2.20. The van der Waals surface area contributed by atoms with Gasteiger partial charge in [-0.3, -0.25) is 10.2 Å². The van der Waals surface area contributed by atoms with Gasteiger partial charge in [0.1, 0.15) is 0 Å². The van der Waals surface area contributed by atoms with Crippen LogP contribution in [0.1, 0.15) is 0 Å². The number of piperazine rings is 1. The van der Waals surface area contributed by atoms with E-state index in [9.17, 15) is 4.79 Å². The summed E-state index contributed by atoms with van der Waals surface area (Å²) in [5, 5.41) is 5.13. The molecule has 2 aliphatic heterocycles. The summed E-state index contributed by atoms with van der Waals surface area (Å²) >= 11 is 0. The molecule has 1 amide bonds. The molecular formula is C10H15N3O2. The van der Waals surface area contributed by atoms with Crippen LogP contribution in [0, 0.1) is 0 Å². The molecule has 15 heavy (non-hydrogen) atoms. The zero-order valence-electron chi connectivity index (χ0n) is 8.48. The standard InChI is InChI=1S/C10H15N3O2/c14-10(9-3-1-2-8-15-9)12-13-6-4-11-5-7-13/h1-3,8-9,11H,4-7H2,(H,12,14). The Labute approximate surface area is 88.7 Å². The lowest BCUT2D eigenvalue weighted by atomic mass is 10.2. The Hall–Kier alpha value is -1.33. The highest BCUT2D eigenvalue weighted by atomic mass is 16.5. The molecule has 0 spiro atoms. The molecule has 1 saturated heterocycles. The number of nitrogens with one attached hydrogen (secondary N) is 2. The Morgan fingerprint density at radius 1 is 1.40 bits per heavy atom. The predicted molar refractivity (Wildman–Crippen MR) is 55.7 cm³/mol. The second kappa shape index (κ2) is 4.95. The molecule has 5 heteroatoms. The molecule has 0 aromatic carbocycles. The van der Waals surface area contributed by atoms with Crippen molar-refractivity contribution in [1.29, 1.82) is 0 Å². The molecule has 0 aromatic heterocycles. The van der Waals surface area contributed by atoms with Crippen LogP contribution in [0.3, 0.4) is 0 Å². The van der Waals surface area contributed by atoms with E-state index in [4.69, 9.17) is 4.74 Å². The monoisotopic (exact) mass is 209 g/mol. The van der Waals surface area contributed by atoms with Crippen LogP contribution >= 0.6 is 0 Å². The van der Waals surface area contributed by atoms with Crippen molar-refractivity contribution in [3.8, 4) is 0 Å². The van der Waals surface area contributed by atoms with Crippen LogP contribution in [0.2, 0.25) is 0 Å². The van der Waals surface area contributed by atoms with Crippen molar-refractivity contribution in [1.82, 2.24) is 15.8 Å². The second-order valence-electron chi connectivity index (χ2n) is 3.48. The Morgan fingerprint density at radius 2 is 2.20 bits per heavy atom. The minimum Gasteiger partial charge on any atom is -0.484 e. The summed E-state index contributed by atoms with van der Waals surface area (Å²) in [4.78, 5) is 11.7. The summed E-state index contributed by atoms with van der Waals surface area (Å²) in [5.41, 5.74) is 2.83. The van der Waals surface area contributed by atoms with Gasteiger partial charge in [0, 0.05) is 26.2 Å². The van der Waals surface area contributed by atoms with Crippen LogP contribution in [0.15, 0.2) is 24.5 Å². The minimum atomic E-state index is -0.495. The summed E-state index contributed by atoms with van der Waals surface area (Å²) in [6, 6.07) is 0. The fourth-order valence-corrected chi connectivity index (χ4v) is 1.53. The highest BCUT2D eigenvalue weighted by Crippen LogP contribution is 2.02. The molecule has 5 nitrogen and oxygen atoms in total. The number of hydrazine groups is 1. The normalized spacial score (nSPS) is 26.0. The van der Waals surface area contributed by atoms with Crippen molar-refractivity contribution in [3.63, 3.8) is 0 Å². The highest BCUT2D eigenvalue weighted by molar-refractivity contribution is 5.82. The van der Waals surface area contributed by atoms with Crippen molar-refractivity contribution >= 4 is 5.91 Å². The Morgan fingerprint density at radius 3 is 2.87 bits per heavy atom. The van der Waals surface area contributed by atoms with E-state index in [0.717, 1.165) is 26.2 Å². The zero-order valence-corrected chi connectivity index (χ0v) is 8.48. The fourth-order valence-electron chi connectivity index (χ4n) is 1.53. The quantitative estimate of drug-likeness (QED) is 0.637. The lowest BCUT2D eigenvalue weighted by molar-refractivity contribution is -0.132. The van der Waals surface area contributed by atoms with Gasteiger partial charge in [-0.25, -0.2) is 5.01 Å². The van der Waals surface area contributed by atoms with Crippen LogP contribution in [0.5, 0.6) is 0 Å². The van der Waals surface area contributed by atoms with Gasteiger partial charge in [-0.1, -0.05) is 6.08 Å². The number of ether oxygens (including phenoxy) is 1. The van der Waals surface area contributed by atoms with Gasteiger partial charge in [-0.15, -0.1) is 0 Å². The van der Waals surface area contributed by atoms with Crippen molar-refractivity contribution in [3.05, 3.63) is 24.5 Å². The van der Waals surface area contributed by atoms with Gasteiger partial charge in [0.2, 0.25) is 0 Å². The number of hydrogen-bond acceptors (Lipinski definition) is 4. The lowest BCUT2D eigenvalue weighted by Crippen LogP contribution is -2.54. The number of allylic oxidation sites excluding steroid dienone is 2. The number of hydrogen-bond donors (Lipinski definition) is 2. The van der Waals surface area contributed by atoms with Crippen LogP contribution in [0.25, 0.3) is 0 Å². The van der Waals surface area contributed by atoms with Crippen LogP contribution < -0.4 is 10.7 Å². The molecule has 0 aromatic rings. The Balaban J connectivity index is 1.80. The molecule has 0 radical (unpaired) electrons. The van der Waals surface area contributed by atoms with Gasteiger partial charge in [0.15, 0.2) is 6.10 Å². The number of nitrogens with zero attached hydrogens (tertiary/aromatic N) is 1. The van der Waals surface area contributed by atoms with E-state index in [-0.39, 0.29) is 5.91 Å². The Bertz CT molecular complexity index is 282.